The molecule has 0 aliphatic rings. The minimum atomic E-state index is 0.183. The summed E-state index contributed by atoms with van der Waals surface area (Å²) in [5.41, 5.74) is 3.28. The zero-order chi connectivity index (χ0) is 14.7. The van der Waals surface area contributed by atoms with Crippen molar-refractivity contribution < 1.29 is 0 Å². The van der Waals surface area contributed by atoms with Crippen molar-refractivity contribution in [2.45, 2.75) is 60.4 Å². The Bertz CT molecular complexity index is 400. The van der Waals surface area contributed by atoms with E-state index in [-0.39, 0.29) is 5.54 Å². The van der Waals surface area contributed by atoms with Crippen molar-refractivity contribution in [2.24, 2.45) is 11.3 Å². The van der Waals surface area contributed by atoms with Gasteiger partial charge in [0.2, 0.25) is 0 Å². The average molecular weight is 261 g/mol. The van der Waals surface area contributed by atoms with Crippen molar-refractivity contribution in [2.75, 3.05) is 6.54 Å². The molecule has 0 spiro atoms. The quantitative estimate of drug-likeness (QED) is 0.817. The molecule has 1 heteroatoms. The molecule has 0 bridgehead atoms. The Morgan fingerprint density at radius 3 is 2.21 bits per heavy atom. The van der Waals surface area contributed by atoms with Crippen LogP contribution in [0.3, 0.4) is 0 Å². The molecular formula is C18H31N. The lowest BCUT2D eigenvalue weighted by molar-refractivity contribution is 0.188. The summed E-state index contributed by atoms with van der Waals surface area (Å²) in [5, 5.41) is 3.68. The van der Waals surface area contributed by atoms with E-state index >= 15 is 0 Å². The molecule has 1 unspecified atom stereocenters. The van der Waals surface area contributed by atoms with Crippen LogP contribution in [0.25, 0.3) is 0 Å². The normalized spacial score (nSPS) is 15.6. The molecule has 0 amide bonds. The molecule has 0 fully saturated rings. The number of nitrogens with one attached hydrogen (secondary N) is 1. The van der Waals surface area contributed by atoms with E-state index in [2.05, 4.69) is 78.0 Å². The Morgan fingerprint density at radius 2 is 1.74 bits per heavy atom. The maximum atomic E-state index is 3.68. The number of hydrogen-bond acceptors (Lipinski definition) is 1. The molecule has 0 heterocycles. The molecule has 1 nitrogen and oxygen atoms in total. The largest absolute Gasteiger partial charge is 0.312 e. The standard InChI is InChI=1S/C18H31N/c1-14(2)18(7,13-19-17(4,5)6)12-16-10-8-9-15(3)11-16/h8-11,14,19H,12-13H2,1-7H3. The van der Waals surface area contributed by atoms with Crippen molar-refractivity contribution in [1.29, 1.82) is 0 Å². The summed E-state index contributed by atoms with van der Waals surface area (Å²) in [4.78, 5) is 0. The molecule has 1 aromatic rings. The molecule has 0 aliphatic heterocycles. The molecule has 0 aliphatic carbocycles. The van der Waals surface area contributed by atoms with Gasteiger partial charge in [-0.05, 0) is 51.0 Å². The van der Waals surface area contributed by atoms with Crippen molar-refractivity contribution in [1.82, 2.24) is 5.32 Å². The van der Waals surface area contributed by atoms with Crippen LogP contribution >= 0.6 is 0 Å². The third-order valence-electron chi connectivity index (χ3n) is 4.11. The summed E-state index contributed by atoms with van der Waals surface area (Å²) in [5.74, 6) is 0.655. The number of benzene rings is 1. The monoisotopic (exact) mass is 261 g/mol. The third kappa shape index (κ3) is 5.36. The second kappa shape index (κ2) is 6.09. The van der Waals surface area contributed by atoms with Gasteiger partial charge in [-0.15, -0.1) is 0 Å². The molecule has 0 saturated carbocycles. The fourth-order valence-electron chi connectivity index (χ4n) is 2.23. The van der Waals surface area contributed by atoms with Crippen molar-refractivity contribution in [3.05, 3.63) is 35.4 Å². The van der Waals surface area contributed by atoms with Crippen molar-refractivity contribution in [3.8, 4) is 0 Å². The van der Waals surface area contributed by atoms with Crippen LogP contribution in [0, 0.1) is 18.3 Å². The summed E-state index contributed by atoms with van der Waals surface area (Å²) in [6.45, 7) is 17.0. The molecular weight excluding hydrogens is 230 g/mol. The minimum absolute atomic E-state index is 0.183. The topological polar surface area (TPSA) is 12.0 Å². The van der Waals surface area contributed by atoms with Gasteiger partial charge in [0.05, 0.1) is 0 Å². The van der Waals surface area contributed by atoms with Gasteiger partial charge in [0.15, 0.2) is 0 Å². The van der Waals surface area contributed by atoms with Crippen molar-refractivity contribution >= 4 is 0 Å². The number of hydrogen-bond donors (Lipinski definition) is 1. The molecule has 1 rings (SSSR count). The molecule has 0 aromatic heterocycles. The van der Waals surface area contributed by atoms with E-state index in [0.29, 0.717) is 11.3 Å². The van der Waals surface area contributed by atoms with E-state index in [1.807, 2.05) is 0 Å². The lowest BCUT2D eigenvalue weighted by Crippen LogP contribution is -2.45. The van der Waals surface area contributed by atoms with Crippen LogP contribution in [0.5, 0.6) is 0 Å². The lowest BCUT2D eigenvalue weighted by Gasteiger charge is -2.37. The van der Waals surface area contributed by atoms with E-state index in [4.69, 9.17) is 0 Å². The van der Waals surface area contributed by atoms with Gasteiger partial charge in [0.1, 0.15) is 0 Å². The van der Waals surface area contributed by atoms with Gasteiger partial charge in [-0.25, -0.2) is 0 Å². The second-order valence-corrected chi connectivity index (χ2v) is 7.58. The maximum Gasteiger partial charge on any atom is 0.00967 e. The zero-order valence-corrected chi connectivity index (χ0v) is 13.8. The molecule has 19 heavy (non-hydrogen) atoms. The Hall–Kier alpha value is -0.820. The van der Waals surface area contributed by atoms with Gasteiger partial charge in [-0.3, -0.25) is 0 Å². The zero-order valence-electron chi connectivity index (χ0n) is 13.8. The fraction of sp³-hybridized carbons (Fsp3) is 0.667. The smallest absolute Gasteiger partial charge is 0.00967 e. The second-order valence-electron chi connectivity index (χ2n) is 7.58. The van der Waals surface area contributed by atoms with Crippen LogP contribution in [0.4, 0.5) is 0 Å². The predicted molar refractivity (Wildman–Crippen MR) is 85.6 cm³/mol. The SMILES string of the molecule is Cc1cccc(CC(C)(CNC(C)(C)C)C(C)C)c1. The summed E-state index contributed by atoms with van der Waals surface area (Å²) in [6.07, 6.45) is 1.13. The lowest BCUT2D eigenvalue weighted by atomic mass is 9.74. The van der Waals surface area contributed by atoms with E-state index < -0.39 is 0 Å². The highest BCUT2D eigenvalue weighted by atomic mass is 15.0. The van der Waals surface area contributed by atoms with Gasteiger partial charge in [0, 0.05) is 12.1 Å². The summed E-state index contributed by atoms with van der Waals surface area (Å²) < 4.78 is 0. The fourth-order valence-corrected chi connectivity index (χ4v) is 2.23. The highest BCUT2D eigenvalue weighted by Crippen LogP contribution is 2.31. The van der Waals surface area contributed by atoms with Gasteiger partial charge >= 0.3 is 0 Å². The molecule has 108 valence electrons. The average Bonchev–Trinajstić information content (AvgIpc) is 2.25. The molecule has 1 aromatic carbocycles. The van der Waals surface area contributed by atoms with E-state index in [9.17, 15) is 0 Å². The van der Waals surface area contributed by atoms with E-state index in [0.717, 1.165) is 13.0 Å². The van der Waals surface area contributed by atoms with Gasteiger partial charge in [-0.1, -0.05) is 50.6 Å². The Labute approximate surface area is 119 Å². The van der Waals surface area contributed by atoms with E-state index in [1.165, 1.54) is 11.1 Å². The predicted octanol–water partition coefficient (Wildman–Crippen LogP) is 4.59. The van der Waals surface area contributed by atoms with Gasteiger partial charge in [-0.2, -0.15) is 0 Å². The highest BCUT2D eigenvalue weighted by Gasteiger charge is 2.29. The van der Waals surface area contributed by atoms with Crippen LogP contribution in [0.2, 0.25) is 0 Å². The molecule has 0 saturated heterocycles. The third-order valence-corrected chi connectivity index (χ3v) is 4.11. The Kier molecular flexibility index (Phi) is 5.20. The molecule has 0 radical (unpaired) electrons. The number of aryl methyl sites for hydroxylation is 1. The summed E-state index contributed by atoms with van der Waals surface area (Å²) >= 11 is 0. The Balaban J connectivity index is 2.82. The van der Waals surface area contributed by atoms with Crippen LogP contribution in [-0.2, 0) is 6.42 Å². The van der Waals surface area contributed by atoms with Crippen LogP contribution in [0.1, 0.15) is 52.7 Å². The first kappa shape index (κ1) is 16.2. The van der Waals surface area contributed by atoms with Gasteiger partial charge in [0.25, 0.3) is 0 Å². The van der Waals surface area contributed by atoms with Crippen molar-refractivity contribution in [3.63, 3.8) is 0 Å². The van der Waals surface area contributed by atoms with Gasteiger partial charge < -0.3 is 5.32 Å². The first-order chi connectivity index (χ1) is 8.62. The minimum Gasteiger partial charge on any atom is -0.312 e. The van der Waals surface area contributed by atoms with Crippen LogP contribution in [0.15, 0.2) is 24.3 Å². The summed E-state index contributed by atoms with van der Waals surface area (Å²) in [6, 6.07) is 8.91. The number of rotatable bonds is 5. The maximum absolute atomic E-state index is 3.68. The first-order valence-electron chi connectivity index (χ1n) is 7.43. The van der Waals surface area contributed by atoms with Crippen LogP contribution < -0.4 is 5.32 Å². The van der Waals surface area contributed by atoms with Crippen LogP contribution in [-0.4, -0.2) is 12.1 Å². The molecule has 1 N–H and O–H groups in total. The summed E-state index contributed by atoms with van der Waals surface area (Å²) in [7, 11) is 0. The highest BCUT2D eigenvalue weighted by molar-refractivity contribution is 5.23. The molecule has 1 atom stereocenters. The van der Waals surface area contributed by atoms with E-state index in [1.54, 1.807) is 0 Å². The Morgan fingerprint density at radius 1 is 1.11 bits per heavy atom. The first-order valence-corrected chi connectivity index (χ1v) is 7.43.